The number of carbonyl (C=O) groups excluding carboxylic acids is 2. The van der Waals surface area contributed by atoms with Crippen LogP contribution in [0, 0.1) is 34.5 Å². The van der Waals surface area contributed by atoms with Gasteiger partial charge >= 0.3 is 11.9 Å². The van der Waals surface area contributed by atoms with Gasteiger partial charge in [0.1, 0.15) is 12.1 Å². The molecule has 10 atom stereocenters. The lowest BCUT2D eigenvalue weighted by Gasteiger charge is -2.62. The molecule has 4 aliphatic carbocycles. The van der Waals surface area contributed by atoms with E-state index in [0.717, 1.165) is 43.4 Å². The van der Waals surface area contributed by atoms with Gasteiger partial charge in [-0.2, -0.15) is 0 Å². The lowest BCUT2D eigenvalue weighted by Crippen LogP contribution is -3.00. The van der Waals surface area contributed by atoms with Crippen molar-refractivity contribution in [3.63, 3.8) is 0 Å². The molecule has 7 heteroatoms. The number of quaternary nitrogens is 1. The summed E-state index contributed by atoms with van der Waals surface area (Å²) in [4.78, 5) is 27.9. The van der Waals surface area contributed by atoms with Gasteiger partial charge in [0.05, 0.1) is 19.6 Å². The fraction of sp³-hybridized carbons (Fsp3) is 0.892. The van der Waals surface area contributed by atoms with Crippen LogP contribution in [0.25, 0.3) is 0 Å². The first-order valence-electron chi connectivity index (χ1n) is 18.2. The first kappa shape index (κ1) is 34.4. The zero-order valence-corrected chi connectivity index (χ0v) is 29.8. The fourth-order valence-electron chi connectivity index (χ4n) is 12.2. The highest BCUT2D eigenvalue weighted by atomic mass is 79.9. The van der Waals surface area contributed by atoms with E-state index in [4.69, 9.17) is 9.47 Å². The summed E-state index contributed by atoms with van der Waals surface area (Å²) in [6.45, 7) is 18.6. The maximum Gasteiger partial charge on any atom is 0.306 e. The fourth-order valence-corrected chi connectivity index (χ4v) is 12.2. The summed E-state index contributed by atoms with van der Waals surface area (Å²) in [5.74, 6) is 2.48. The van der Waals surface area contributed by atoms with Gasteiger partial charge in [-0.3, -0.25) is 14.5 Å². The van der Waals surface area contributed by atoms with Crippen LogP contribution in [0.5, 0.6) is 0 Å². The Morgan fingerprint density at radius 1 is 0.932 bits per heavy atom. The molecule has 0 bridgehead atoms. The number of nitrogens with zero attached hydrogens (tertiary/aromatic N) is 2. The maximum absolute atomic E-state index is 13.0. The van der Waals surface area contributed by atoms with Crippen molar-refractivity contribution >= 4 is 11.9 Å². The van der Waals surface area contributed by atoms with Crippen LogP contribution in [0.4, 0.5) is 0 Å². The Bertz CT molecular complexity index is 1040. The van der Waals surface area contributed by atoms with Crippen LogP contribution in [0.15, 0.2) is 12.7 Å². The molecule has 0 aromatic heterocycles. The summed E-state index contributed by atoms with van der Waals surface area (Å²) in [6, 6.07) is 0.732. The van der Waals surface area contributed by atoms with E-state index < -0.39 is 0 Å². The van der Waals surface area contributed by atoms with Crippen LogP contribution in [0.2, 0.25) is 0 Å². The van der Waals surface area contributed by atoms with Crippen LogP contribution in [-0.2, 0) is 19.1 Å². The molecule has 4 saturated carbocycles. The summed E-state index contributed by atoms with van der Waals surface area (Å²) in [7, 11) is 0. The van der Waals surface area contributed by atoms with E-state index in [9.17, 15) is 9.59 Å². The van der Waals surface area contributed by atoms with E-state index in [1.165, 1.54) is 77.3 Å². The summed E-state index contributed by atoms with van der Waals surface area (Å²) in [5, 5.41) is 0. The molecule has 2 aliphatic heterocycles. The van der Waals surface area contributed by atoms with E-state index in [2.05, 4.69) is 31.4 Å². The first-order chi connectivity index (χ1) is 20.6. The van der Waals surface area contributed by atoms with Gasteiger partial charge in [-0.15, -0.1) is 0 Å². The zero-order chi connectivity index (χ0) is 30.4. The molecular formula is C37H61BrN2O4. The van der Waals surface area contributed by atoms with Gasteiger partial charge in [-0.05, 0) is 119 Å². The van der Waals surface area contributed by atoms with Crippen LogP contribution < -0.4 is 17.0 Å². The van der Waals surface area contributed by atoms with Gasteiger partial charge in [0.15, 0.2) is 6.10 Å². The summed E-state index contributed by atoms with van der Waals surface area (Å²) < 4.78 is 13.8. The van der Waals surface area contributed by atoms with E-state index in [1.54, 1.807) is 6.92 Å². The monoisotopic (exact) mass is 676 g/mol. The molecule has 0 N–H and O–H groups in total. The highest BCUT2D eigenvalue weighted by Crippen LogP contribution is 2.68. The van der Waals surface area contributed by atoms with Crippen LogP contribution >= 0.6 is 0 Å². The number of rotatable bonds is 7. The van der Waals surface area contributed by atoms with Crippen LogP contribution in [0.3, 0.4) is 0 Å². The summed E-state index contributed by atoms with van der Waals surface area (Å²) in [5.41, 5.74) is 0.320. The second-order valence-electron chi connectivity index (χ2n) is 16.2. The van der Waals surface area contributed by atoms with Crippen molar-refractivity contribution < 1.29 is 40.5 Å². The number of likely N-dealkylation sites (tertiary alicyclic amines) is 2. The van der Waals surface area contributed by atoms with Gasteiger partial charge < -0.3 is 30.9 Å². The van der Waals surface area contributed by atoms with Gasteiger partial charge in [0, 0.05) is 31.2 Å². The van der Waals surface area contributed by atoms with Crippen molar-refractivity contribution in [2.75, 3.05) is 32.7 Å². The standard InChI is InChI=1S/C37H61N2O4.BrH/c1-6-20-39(21-12-9-13-22-39)32-24-30-28-15-14-27-23-33(42-26(3)40)31(38-18-10-8-11-19-38)25-37(27,5)29(28)16-17-36(30,4)35(32)43-34(41)7-2;/h6,27-33,35H,1,7-25H2,2-5H3;1H/q+1;/p-1/t27?,28?,29?,30?,31?,32?,33?,35?,36-,37-;/m0./s1. The van der Waals surface area contributed by atoms with E-state index in [0.29, 0.717) is 42.2 Å². The van der Waals surface area contributed by atoms with Crippen molar-refractivity contribution in [1.82, 2.24) is 4.90 Å². The van der Waals surface area contributed by atoms with Gasteiger partial charge in [0.2, 0.25) is 0 Å². The molecule has 0 aromatic rings. The van der Waals surface area contributed by atoms with Crippen molar-refractivity contribution in [2.24, 2.45) is 34.5 Å². The highest BCUT2D eigenvalue weighted by Gasteiger charge is 2.67. The smallest absolute Gasteiger partial charge is 0.306 e. The average molecular weight is 678 g/mol. The number of hydrogen-bond donors (Lipinski definition) is 0. The molecule has 0 spiro atoms. The molecule has 6 rings (SSSR count). The average Bonchev–Trinajstić information content (AvgIpc) is 3.30. The SMILES string of the molecule is C=CC[N+]1(C2CC3C4CCC5CC(OC(C)=O)C(N6CCCCC6)C[C@]5(C)C4CC[C@]3(C)C2OC(=O)CC)CCCCC1.[Br-]. The molecule has 0 radical (unpaired) electrons. The lowest BCUT2D eigenvalue weighted by atomic mass is 9.44. The predicted octanol–water partition coefficient (Wildman–Crippen LogP) is 3.92. The molecule has 0 aromatic carbocycles. The topological polar surface area (TPSA) is 55.8 Å². The van der Waals surface area contributed by atoms with Gasteiger partial charge in [-0.25, -0.2) is 0 Å². The number of esters is 2. The lowest BCUT2D eigenvalue weighted by molar-refractivity contribution is -0.952. The molecule has 8 unspecified atom stereocenters. The third kappa shape index (κ3) is 5.98. The number of halogens is 1. The third-order valence-electron chi connectivity index (χ3n) is 14.2. The van der Waals surface area contributed by atoms with Crippen LogP contribution in [-0.4, -0.2) is 78.3 Å². The Morgan fingerprint density at radius 3 is 2.30 bits per heavy atom. The largest absolute Gasteiger partial charge is 1.00 e. The van der Waals surface area contributed by atoms with E-state index >= 15 is 0 Å². The second kappa shape index (κ2) is 13.7. The summed E-state index contributed by atoms with van der Waals surface area (Å²) >= 11 is 0. The van der Waals surface area contributed by atoms with Crippen molar-refractivity contribution in [1.29, 1.82) is 0 Å². The number of hydrogen-bond acceptors (Lipinski definition) is 5. The van der Waals surface area contributed by atoms with Gasteiger partial charge in [-0.1, -0.05) is 33.8 Å². The minimum absolute atomic E-state index is 0. The Hall–Kier alpha value is -0.920. The minimum Gasteiger partial charge on any atom is -1.00 e. The molecule has 6 fully saturated rings. The Kier molecular flexibility index (Phi) is 10.7. The highest BCUT2D eigenvalue weighted by molar-refractivity contribution is 5.69. The number of piperidine rings is 2. The van der Waals surface area contributed by atoms with Crippen molar-refractivity contribution in [3.05, 3.63) is 12.7 Å². The normalized spacial score (nSPS) is 43.4. The predicted molar refractivity (Wildman–Crippen MR) is 170 cm³/mol. The van der Waals surface area contributed by atoms with Crippen molar-refractivity contribution in [2.45, 2.75) is 142 Å². The van der Waals surface area contributed by atoms with Gasteiger partial charge in [0.25, 0.3) is 0 Å². The Labute approximate surface area is 278 Å². The minimum atomic E-state index is -0.114. The second-order valence-corrected chi connectivity index (χ2v) is 16.2. The third-order valence-corrected chi connectivity index (χ3v) is 14.2. The Balaban J connectivity index is 0.00000384. The maximum atomic E-state index is 13.0. The quantitative estimate of drug-likeness (QED) is 0.233. The molecule has 6 aliphatic rings. The number of fused-ring (bicyclic) bond motifs is 5. The van der Waals surface area contributed by atoms with Crippen LogP contribution in [0.1, 0.15) is 118 Å². The summed E-state index contributed by atoms with van der Waals surface area (Å²) in [6.07, 6.45) is 18.7. The zero-order valence-electron chi connectivity index (χ0n) is 28.2. The molecule has 250 valence electrons. The number of ether oxygens (including phenoxy) is 2. The molecule has 2 heterocycles. The molecule has 44 heavy (non-hydrogen) atoms. The molecular weight excluding hydrogens is 616 g/mol. The molecule has 0 amide bonds. The number of carbonyl (C=O) groups is 2. The first-order valence-corrected chi connectivity index (χ1v) is 18.2. The van der Waals surface area contributed by atoms with E-state index in [1.807, 2.05) is 6.92 Å². The molecule has 6 nitrogen and oxygen atoms in total. The Morgan fingerprint density at radius 2 is 1.64 bits per heavy atom. The molecule has 2 saturated heterocycles. The van der Waals surface area contributed by atoms with Crippen molar-refractivity contribution in [3.8, 4) is 0 Å². The van der Waals surface area contributed by atoms with E-state index in [-0.39, 0.29) is 52.0 Å².